The fourth-order valence-electron chi connectivity index (χ4n) is 1.02. The number of benzene rings is 1. The van der Waals surface area contributed by atoms with Crippen molar-refractivity contribution >= 4 is 6.29 Å². The summed E-state index contributed by atoms with van der Waals surface area (Å²) in [6.45, 7) is 0.791. The molecule has 0 amide bonds. The molecule has 0 saturated heterocycles. The SMILES string of the molecule is O=Cc1ccc(OCCOCC[O-])cc1.[Na+]. The molecular weight excluding hydrogens is 219 g/mol. The van der Waals surface area contributed by atoms with Crippen molar-refractivity contribution in [3.63, 3.8) is 0 Å². The van der Waals surface area contributed by atoms with Crippen molar-refractivity contribution < 1.29 is 48.9 Å². The van der Waals surface area contributed by atoms with Gasteiger partial charge in [-0.15, -0.1) is 6.61 Å². The number of ether oxygens (including phenoxy) is 2. The minimum Gasteiger partial charge on any atom is -0.853 e. The van der Waals surface area contributed by atoms with Gasteiger partial charge in [0.15, 0.2) is 0 Å². The van der Waals surface area contributed by atoms with Crippen LogP contribution >= 0.6 is 0 Å². The van der Waals surface area contributed by atoms with Crippen LogP contribution in [-0.4, -0.2) is 32.7 Å². The van der Waals surface area contributed by atoms with Gasteiger partial charge in [-0.1, -0.05) is 0 Å². The summed E-state index contributed by atoms with van der Waals surface area (Å²) < 4.78 is 10.3. The second kappa shape index (κ2) is 9.81. The Labute approximate surface area is 117 Å². The molecule has 0 saturated carbocycles. The van der Waals surface area contributed by atoms with Gasteiger partial charge in [0.25, 0.3) is 0 Å². The van der Waals surface area contributed by atoms with E-state index in [0.717, 1.165) is 6.29 Å². The second-order valence-corrected chi connectivity index (χ2v) is 2.85. The monoisotopic (exact) mass is 232 g/mol. The van der Waals surface area contributed by atoms with Crippen molar-refractivity contribution in [1.82, 2.24) is 0 Å². The summed E-state index contributed by atoms with van der Waals surface area (Å²) in [5, 5.41) is 10.0. The van der Waals surface area contributed by atoms with Gasteiger partial charge in [0.2, 0.25) is 0 Å². The molecule has 1 aromatic rings. The van der Waals surface area contributed by atoms with Gasteiger partial charge in [-0.2, -0.15) is 0 Å². The van der Waals surface area contributed by atoms with Crippen LogP contribution in [0.15, 0.2) is 24.3 Å². The molecule has 0 aliphatic carbocycles. The van der Waals surface area contributed by atoms with Crippen molar-refractivity contribution in [1.29, 1.82) is 0 Å². The fourth-order valence-corrected chi connectivity index (χ4v) is 1.02. The van der Waals surface area contributed by atoms with Crippen molar-refractivity contribution in [3.8, 4) is 5.75 Å². The minimum atomic E-state index is -0.228. The largest absolute Gasteiger partial charge is 1.00 e. The molecule has 1 rings (SSSR count). The number of hydrogen-bond donors (Lipinski definition) is 0. The first-order chi connectivity index (χ1) is 7.36. The zero-order chi connectivity index (χ0) is 10.9. The van der Waals surface area contributed by atoms with Crippen LogP contribution in [0.3, 0.4) is 0 Å². The van der Waals surface area contributed by atoms with Crippen LogP contribution < -0.4 is 39.4 Å². The third-order valence-corrected chi connectivity index (χ3v) is 1.74. The normalized spacial score (nSPS) is 9.31. The van der Waals surface area contributed by atoms with Gasteiger partial charge in [0.05, 0.1) is 6.61 Å². The van der Waals surface area contributed by atoms with Crippen LogP contribution in [-0.2, 0) is 4.74 Å². The van der Waals surface area contributed by atoms with E-state index in [2.05, 4.69) is 0 Å². The Bertz CT molecular complexity index is 287. The standard InChI is InChI=1S/C11H13O4.Na/c12-5-6-14-7-8-15-11-3-1-10(9-13)2-4-11;/h1-4,9H,5-8H2;/q-1;+1. The van der Waals surface area contributed by atoms with Crippen molar-refractivity contribution in [3.05, 3.63) is 29.8 Å². The molecule has 0 heterocycles. The maximum atomic E-state index is 10.4. The molecule has 0 spiro atoms. The molecule has 0 aliphatic rings. The van der Waals surface area contributed by atoms with Crippen molar-refractivity contribution in [2.75, 3.05) is 26.4 Å². The van der Waals surface area contributed by atoms with Gasteiger partial charge in [0.1, 0.15) is 18.6 Å². The van der Waals surface area contributed by atoms with E-state index in [-0.39, 0.29) is 42.8 Å². The van der Waals surface area contributed by atoms with E-state index < -0.39 is 0 Å². The second-order valence-electron chi connectivity index (χ2n) is 2.85. The van der Waals surface area contributed by atoms with E-state index in [1.54, 1.807) is 24.3 Å². The first kappa shape index (κ1) is 15.6. The first-order valence-corrected chi connectivity index (χ1v) is 4.70. The van der Waals surface area contributed by atoms with Crippen LogP contribution in [0.25, 0.3) is 0 Å². The molecule has 82 valence electrons. The third kappa shape index (κ3) is 6.25. The van der Waals surface area contributed by atoms with Crippen molar-refractivity contribution in [2.24, 2.45) is 0 Å². The van der Waals surface area contributed by atoms with E-state index in [1.165, 1.54) is 0 Å². The van der Waals surface area contributed by atoms with E-state index in [4.69, 9.17) is 9.47 Å². The molecule has 1 aromatic carbocycles. The Balaban J connectivity index is 0.00000225. The molecule has 0 bridgehead atoms. The molecule has 0 unspecified atom stereocenters. The quantitative estimate of drug-likeness (QED) is 0.291. The van der Waals surface area contributed by atoms with E-state index in [1.807, 2.05) is 0 Å². The third-order valence-electron chi connectivity index (χ3n) is 1.74. The van der Waals surface area contributed by atoms with E-state index in [9.17, 15) is 9.90 Å². The summed E-state index contributed by atoms with van der Waals surface area (Å²) in [6, 6.07) is 6.80. The summed E-state index contributed by atoms with van der Waals surface area (Å²) >= 11 is 0. The predicted octanol–water partition coefficient (Wildman–Crippen LogP) is -2.74. The average molecular weight is 232 g/mol. The first-order valence-electron chi connectivity index (χ1n) is 4.70. The Morgan fingerprint density at radius 3 is 2.38 bits per heavy atom. The van der Waals surface area contributed by atoms with Crippen LogP contribution in [0.1, 0.15) is 10.4 Å². The van der Waals surface area contributed by atoms with E-state index in [0.29, 0.717) is 24.5 Å². The molecule has 0 N–H and O–H groups in total. The van der Waals surface area contributed by atoms with Gasteiger partial charge in [-0.05, 0) is 24.3 Å². The van der Waals surface area contributed by atoms with Gasteiger partial charge in [0, 0.05) is 12.2 Å². The number of carbonyl (C=O) groups is 1. The topological polar surface area (TPSA) is 58.6 Å². The molecule has 0 fully saturated rings. The molecule has 16 heavy (non-hydrogen) atoms. The molecule has 4 nitrogen and oxygen atoms in total. The van der Waals surface area contributed by atoms with Gasteiger partial charge in [-0.3, -0.25) is 4.79 Å². The number of hydrogen-bond acceptors (Lipinski definition) is 4. The Kier molecular flexibility index (Phi) is 9.57. The van der Waals surface area contributed by atoms with Crippen molar-refractivity contribution in [2.45, 2.75) is 0 Å². The average Bonchev–Trinajstić information content (AvgIpc) is 2.30. The number of carbonyl (C=O) groups excluding carboxylic acids is 1. The van der Waals surface area contributed by atoms with E-state index >= 15 is 0 Å². The summed E-state index contributed by atoms with van der Waals surface area (Å²) in [5.41, 5.74) is 0.616. The fraction of sp³-hybridized carbons (Fsp3) is 0.364. The van der Waals surface area contributed by atoms with Crippen LogP contribution in [0.2, 0.25) is 0 Å². The Hall–Kier alpha value is -0.390. The molecular formula is C11H13NaO4. The van der Waals surface area contributed by atoms with Crippen LogP contribution in [0.4, 0.5) is 0 Å². The van der Waals surface area contributed by atoms with Crippen LogP contribution in [0.5, 0.6) is 5.75 Å². The molecule has 0 aliphatic heterocycles. The zero-order valence-electron chi connectivity index (χ0n) is 9.35. The molecule has 0 radical (unpaired) electrons. The molecule has 5 heteroatoms. The summed E-state index contributed by atoms with van der Waals surface area (Å²) in [4.78, 5) is 10.4. The van der Waals surface area contributed by atoms with Gasteiger partial charge in [-0.25, -0.2) is 0 Å². The number of aldehydes is 1. The maximum Gasteiger partial charge on any atom is 1.00 e. The van der Waals surface area contributed by atoms with Gasteiger partial charge >= 0.3 is 29.6 Å². The summed E-state index contributed by atoms with van der Waals surface area (Å²) in [5.74, 6) is 0.686. The summed E-state index contributed by atoms with van der Waals surface area (Å²) in [7, 11) is 0. The molecule has 0 aromatic heterocycles. The smallest absolute Gasteiger partial charge is 0.853 e. The minimum absolute atomic E-state index is 0. The molecule has 0 atom stereocenters. The zero-order valence-corrected chi connectivity index (χ0v) is 11.3. The predicted molar refractivity (Wildman–Crippen MR) is 53.0 cm³/mol. The van der Waals surface area contributed by atoms with Gasteiger partial charge < -0.3 is 14.6 Å². The van der Waals surface area contributed by atoms with Crippen LogP contribution in [0, 0.1) is 0 Å². The summed E-state index contributed by atoms with van der Waals surface area (Å²) in [6.07, 6.45) is 0.779. The Morgan fingerprint density at radius 2 is 1.81 bits per heavy atom. The Morgan fingerprint density at radius 1 is 1.12 bits per heavy atom. The number of rotatable bonds is 7. The maximum absolute atomic E-state index is 10.4.